The summed E-state index contributed by atoms with van der Waals surface area (Å²) >= 11 is 0. The van der Waals surface area contributed by atoms with Crippen LogP contribution in [0.3, 0.4) is 0 Å². The molecule has 0 saturated carbocycles. The Morgan fingerprint density at radius 1 is 1.44 bits per heavy atom. The summed E-state index contributed by atoms with van der Waals surface area (Å²) in [4.78, 5) is 0. The lowest BCUT2D eigenvalue weighted by Gasteiger charge is -2.12. The quantitative estimate of drug-likeness (QED) is 0.629. The van der Waals surface area contributed by atoms with Crippen molar-refractivity contribution in [2.24, 2.45) is 5.73 Å². The number of nitrogens with two attached hydrogens (primary N) is 1. The Balaban J connectivity index is 2.71. The van der Waals surface area contributed by atoms with Gasteiger partial charge in [0.1, 0.15) is 18.1 Å². The Morgan fingerprint density at radius 3 is 2.88 bits per heavy atom. The summed E-state index contributed by atoms with van der Waals surface area (Å²) in [6, 6.07) is 5.45. The van der Waals surface area contributed by atoms with Gasteiger partial charge >= 0.3 is 0 Å². The van der Waals surface area contributed by atoms with Gasteiger partial charge in [-0.05, 0) is 12.1 Å². The van der Waals surface area contributed by atoms with E-state index in [4.69, 9.17) is 20.3 Å². The summed E-state index contributed by atoms with van der Waals surface area (Å²) in [7, 11) is 1.60. The molecule has 0 amide bonds. The van der Waals surface area contributed by atoms with Crippen molar-refractivity contribution in [3.05, 3.63) is 18.2 Å². The van der Waals surface area contributed by atoms with Gasteiger partial charge in [0.2, 0.25) is 0 Å². The van der Waals surface area contributed by atoms with Crippen molar-refractivity contribution in [3.63, 3.8) is 0 Å². The molecule has 90 valence electrons. The highest BCUT2D eigenvalue weighted by molar-refractivity contribution is 5.59. The molecule has 1 aromatic carbocycles. The molecule has 0 aliphatic rings. The normalized spacial score (nSPS) is 9.94. The maximum Gasteiger partial charge on any atom is 0.145 e. The van der Waals surface area contributed by atoms with Crippen molar-refractivity contribution in [2.75, 3.05) is 38.7 Å². The van der Waals surface area contributed by atoms with Gasteiger partial charge in [0, 0.05) is 19.2 Å². The topological polar surface area (TPSA) is 76.7 Å². The first-order chi connectivity index (χ1) is 7.81. The highest BCUT2D eigenvalue weighted by Gasteiger charge is 2.04. The van der Waals surface area contributed by atoms with Crippen molar-refractivity contribution in [2.45, 2.75) is 0 Å². The third-order valence-electron chi connectivity index (χ3n) is 1.99. The molecule has 0 atom stereocenters. The Bertz CT molecular complexity index is 318. The highest BCUT2D eigenvalue weighted by Crippen LogP contribution is 2.28. The zero-order chi connectivity index (χ0) is 11.8. The van der Waals surface area contributed by atoms with Crippen LogP contribution in [0.4, 0.5) is 5.69 Å². The van der Waals surface area contributed by atoms with E-state index in [2.05, 4.69) is 5.32 Å². The largest absolute Gasteiger partial charge is 0.494 e. The van der Waals surface area contributed by atoms with Crippen LogP contribution in [0.15, 0.2) is 18.2 Å². The number of benzene rings is 1. The van der Waals surface area contributed by atoms with Gasteiger partial charge in [0.25, 0.3) is 0 Å². The van der Waals surface area contributed by atoms with Crippen LogP contribution in [-0.2, 0) is 0 Å². The number of hydrogen-bond acceptors (Lipinski definition) is 5. The van der Waals surface area contributed by atoms with E-state index < -0.39 is 0 Å². The van der Waals surface area contributed by atoms with Gasteiger partial charge in [-0.3, -0.25) is 0 Å². The predicted octanol–water partition coefficient (Wildman–Crippen LogP) is 0.437. The van der Waals surface area contributed by atoms with E-state index in [1.54, 1.807) is 13.2 Å². The molecule has 0 bridgehead atoms. The third kappa shape index (κ3) is 3.60. The Labute approximate surface area is 95.2 Å². The van der Waals surface area contributed by atoms with Gasteiger partial charge in [-0.25, -0.2) is 0 Å². The van der Waals surface area contributed by atoms with Crippen molar-refractivity contribution < 1.29 is 14.6 Å². The van der Waals surface area contributed by atoms with E-state index in [0.29, 0.717) is 24.6 Å². The standard InChI is InChI=1S/C11H18N2O3/c1-15-11-8-9(16-7-6-14)2-3-10(11)13-5-4-12/h2-3,8,13-14H,4-7,12H2,1H3. The maximum atomic E-state index is 8.64. The second-order valence-corrected chi connectivity index (χ2v) is 3.15. The highest BCUT2D eigenvalue weighted by atomic mass is 16.5. The summed E-state index contributed by atoms with van der Waals surface area (Å²) < 4.78 is 10.5. The number of ether oxygens (including phenoxy) is 2. The second-order valence-electron chi connectivity index (χ2n) is 3.15. The SMILES string of the molecule is COc1cc(OCCO)ccc1NCCN. The van der Waals surface area contributed by atoms with Crippen molar-refractivity contribution in [1.82, 2.24) is 0 Å². The molecule has 0 radical (unpaired) electrons. The van der Waals surface area contributed by atoms with E-state index in [1.165, 1.54) is 0 Å². The summed E-state index contributed by atoms with van der Waals surface area (Å²) in [5.41, 5.74) is 6.29. The number of rotatable bonds is 7. The van der Waals surface area contributed by atoms with Crippen molar-refractivity contribution in [1.29, 1.82) is 0 Å². The first-order valence-electron chi connectivity index (χ1n) is 5.17. The monoisotopic (exact) mass is 226 g/mol. The second kappa shape index (κ2) is 6.92. The van der Waals surface area contributed by atoms with Crippen LogP contribution in [0.5, 0.6) is 11.5 Å². The third-order valence-corrected chi connectivity index (χ3v) is 1.99. The molecule has 1 rings (SSSR count). The minimum absolute atomic E-state index is 0.00447. The van der Waals surface area contributed by atoms with Crippen LogP contribution >= 0.6 is 0 Å². The summed E-state index contributed by atoms with van der Waals surface area (Å²) in [5.74, 6) is 1.37. The summed E-state index contributed by atoms with van der Waals surface area (Å²) in [5, 5.41) is 11.8. The van der Waals surface area contributed by atoms with Crippen molar-refractivity contribution >= 4 is 5.69 Å². The van der Waals surface area contributed by atoms with Gasteiger partial charge in [-0.15, -0.1) is 0 Å². The van der Waals surface area contributed by atoms with Crippen LogP contribution in [0, 0.1) is 0 Å². The molecule has 0 unspecified atom stereocenters. The number of methoxy groups -OCH3 is 1. The minimum Gasteiger partial charge on any atom is -0.494 e. The van der Waals surface area contributed by atoms with Gasteiger partial charge < -0.3 is 25.6 Å². The molecule has 5 nitrogen and oxygen atoms in total. The van der Waals surface area contributed by atoms with Gasteiger partial charge in [0.05, 0.1) is 19.4 Å². The summed E-state index contributed by atoms with van der Waals surface area (Å²) in [6.07, 6.45) is 0. The fourth-order valence-electron chi connectivity index (χ4n) is 1.28. The smallest absolute Gasteiger partial charge is 0.145 e. The summed E-state index contributed by atoms with van der Waals surface area (Å²) in [6.45, 7) is 1.52. The fraction of sp³-hybridized carbons (Fsp3) is 0.455. The molecule has 0 aromatic heterocycles. The predicted molar refractivity (Wildman–Crippen MR) is 63.1 cm³/mol. The Morgan fingerprint density at radius 2 is 2.25 bits per heavy atom. The first kappa shape index (κ1) is 12.6. The number of aliphatic hydroxyl groups excluding tert-OH is 1. The van der Waals surface area contributed by atoms with Crippen LogP contribution in [-0.4, -0.2) is 38.5 Å². The zero-order valence-electron chi connectivity index (χ0n) is 9.40. The van der Waals surface area contributed by atoms with Crippen LogP contribution in [0.2, 0.25) is 0 Å². The van der Waals surface area contributed by atoms with E-state index >= 15 is 0 Å². The lowest BCUT2D eigenvalue weighted by molar-refractivity contribution is 0.201. The van der Waals surface area contributed by atoms with E-state index in [1.807, 2.05) is 12.1 Å². The van der Waals surface area contributed by atoms with Gasteiger partial charge in [-0.1, -0.05) is 0 Å². The Kier molecular flexibility index (Phi) is 5.45. The average molecular weight is 226 g/mol. The van der Waals surface area contributed by atoms with E-state index in [0.717, 1.165) is 5.69 Å². The number of anilines is 1. The first-order valence-corrected chi connectivity index (χ1v) is 5.17. The molecule has 0 aliphatic carbocycles. The maximum absolute atomic E-state index is 8.64. The fourth-order valence-corrected chi connectivity index (χ4v) is 1.28. The molecule has 1 aromatic rings. The molecule has 0 aliphatic heterocycles. The van der Waals surface area contributed by atoms with E-state index in [9.17, 15) is 0 Å². The molecule has 0 spiro atoms. The van der Waals surface area contributed by atoms with Crippen LogP contribution < -0.4 is 20.5 Å². The van der Waals surface area contributed by atoms with Crippen molar-refractivity contribution in [3.8, 4) is 11.5 Å². The average Bonchev–Trinajstić information content (AvgIpc) is 2.34. The molecular formula is C11H18N2O3. The molecule has 4 N–H and O–H groups in total. The van der Waals surface area contributed by atoms with Gasteiger partial charge in [0.15, 0.2) is 0 Å². The number of hydrogen-bond donors (Lipinski definition) is 3. The Hall–Kier alpha value is -1.46. The zero-order valence-corrected chi connectivity index (χ0v) is 9.40. The number of nitrogens with one attached hydrogen (secondary N) is 1. The molecule has 5 heteroatoms. The molecule has 0 heterocycles. The minimum atomic E-state index is -0.00447. The van der Waals surface area contributed by atoms with Gasteiger partial charge in [-0.2, -0.15) is 0 Å². The van der Waals surface area contributed by atoms with Crippen LogP contribution in [0.25, 0.3) is 0 Å². The number of aliphatic hydroxyl groups is 1. The molecule has 16 heavy (non-hydrogen) atoms. The molecule has 0 fully saturated rings. The van der Waals surface area contributed by atoms with E-state index in [-0.39, 0.29) is 13.2 Å². The lowest BCUT2D eigenvalue weighted by atomic mass is 10.2. The lowest BCUT2D eigenvalue weighted by Crippen LogP contribution is -2.13. The molecule has 0 saturated heterocycles. The van der Waals surface area contributed by atoms with Crippen LogP contribution in [0.1, 0.15) is 0 Å². The molecular weight excluding hydrogens is 208 g/mol.